The number of aromatic hydroxyl groups is 1. The Morgan fingerprint density at radius 3 is 2.42 bits per heavy atom. The van der Waals surface area contributed by atoms with Gasteiger partial charge in [-0.1, -0.05) is 68.5 Å². The largest absolute Gasteiger partial charge is 0.504 e. The van der Waals surface area contributed by atoms with Crippen molar-refractivity contribution in [2.24, 2.45) is 17.1 Å². The molecule has 2 amide bonds. The van der Waals surface area contributed by atoms with Crippen LogP contribution in [0.5, 0.6) is 11.5 Å². The van der Waals surface area contributed by atoms with E-state index in [-0.39, 0.29) is 24.6 Å². The Morgan fingerprint density at radius 1 is 1.10 bits per heavy atom. The molecule has 40 heavy (non-hydrogen) atoms. The number of carbonyl (C=O) groups excluding carboxylic acids is 2. The van der Waals surface area contributed by atoms with E-state index in [4.69, 9.17) is 10.5 Å². The average Bonchev–Trinajstić information content (AvgIpc) is 2.96. The number of carbonyl (C=O) groups is 2. The van der Waals surface area contributed by atoms with E-state index in [0.29, 0.717) is 37.4 Å². The van der Waals surface area contributed by atoms with E-state index in [2.05, 4.69) is 5.32 Å². The summed E-state index contributed by atoms with van der Waals surface area (Å²) in [5.74, 6) is -0.829. The summed E-state index contributed by atoms with van der Waals surface area (Å²) in [6, 6.07) is 14.7. The smallest absolute Gasteiger partial charge is 0.249 e. The van der Waals surface area contributed by atoms with E-state index in [0.717, 1.165) is 24.0 Å². The van der Waals surface area contributed by atoms with Crippen LogP contribution >= 0.6 is 0 Å². The molecule has 216 valence electrons. The van der Waals surface area contributed by atoms with Crippen molar-refractivity contribution < 1.29 is 24.5 Å². The Balaban J connectivity index is 1.87. The molecule has 0 saturated heterocycles. The van der Waals surface area contributed by atoms with Crippen LogP contribution in [0.2, 0.25) is 0 Å². The Labute approximate surface area is 237 Å². The van der Waals surface area contributed by atoms with Crippen molar-refractivity contribution in [3.05, 3.63) is 83.5 Å². The van der Waals surface area contributed by atoms with Crippen LogP contribution in [-0.2, 0) is 22.6 Å². The number of nitrogens with zero attached hydrogens (tertiary/aromatic N) is 1. The summed E-state index contributed by atoms with van der Waals surface area (Å²) in [6.07, 6.45) is 6.52. The number of phenols is 1. The van der Waals surface area contributed by atoms with Crippen LogP contribution in [0, 0.1) is 11.3 Å². The molecule has 1 unspecified atom stereocenters. The highest BCUT2D eigenvalue weighted by atomic mass is 16.5. The van der Waals surface area contributed by atoms with Crippen LogP contribution in [0.1, 0.15) is 44.2 Å². The zero-order valence-electron chi connectivity index (χ0n) is 23.8. The fourth-order valence-corrected chi connectivity index (χ4v) is 5.45. The molecule has 3 atom stereocenters. The Hall–Kier alpha value is -3.62. The number of primary amides is 1. The fourth-order valence-electron chi connectivity index (χ4n) is 5.45. The van der Waals surface area contributed by atoms with Crippen LogP contribution in [0.4, 0.5) is 0 Å². The molecule has 5 N–H and O–H groups in total. The number of aliphatic hydroxyl groups excluding tert-OH is 1. The third-order valence-corrected chi connectivity index (χ3v) is 7.53. The lowest BCUT2D eigenvalue weighted by molar-refractivity contribution is -0.132. The number of phenolic OH excluding ortho intramolecular Hbond substituents is 1. The zero-order valence-corrected chi connectivity index (χ0v) is 23.8. The summed E-state index contributed by atoms with van der Waals surface area (Å²) in [7, 11) is 1.49. The van der Waals surface area contributed by atoms with Gasteiger partial charge >= 0.3 is 0 Å². The number of nitrogens with two attached hydrogens (primary N) is 1. The van der Waals surface area contributed by atoms with E-state index < -0.39 is 23.3 Å². The average molecular weight is 550 g/mol. The number of nitrogens with one attached hydrogen (secondary N) is 1. The number of ether oxygens (including phenoxy) is 1. The lowest BCUT2D eigenvalue weighted by atomic mass is 9.64. The number of rotatable bonds is 15. The first kappa shape index (κ1) is 30.9. The van der Waals surface area contributed by atoms with Gasteiger partial charge in [0.2, 0.25) is 11.8 Å². The van der Waals surface area contributed by atoms with Gasteiger partial charge in [-0.3, -0.25) is 9.59 Å². The molecule has 0 bridgehead atoms. The molecular weight excluding hydrogens is 506 g/mol. The maximum Gasteiger partial charge on any atom is 0.249 e. The van der Waals surface area contributed by atoms with Crippen LogP contribution in [-0.4, -0.2) is 59.8 Å². The summed E-state index contributed by atoms with van der Waals surface area (Å²) in [4.78, 5) is 28.6. The minimum Gasteiger partial charge on any atom is -0.504 e. The van der Waals surface area contributed by atoms with Crippen molar-refractivity contribution in [3.63, 3.8) is 0 Å². The summed E-state index contributed by atoms with van der Waals surface area (Å²) >= 11 is 0. The number of aliphatic hydroxyl groups is 1. The van der Waals surface area contributed by atoms with E-state index >= 15 is 0 Å². The number of methoxy groups -OCH3 is 1. The molecule has 1 aliphatic rings. The molecule has 0 heterocycles. The monoisotopic (exact) mass is 549 g/mol. The maximum atomic E-state index is 13.5. The standard InChI is InChI=1S/C32H43N3O5/c1-4-16-35(17-5-2)30(38)25-12-9-15-32(20-25,31(33)39)26(18-23-10-7-6-8-11-23)28(37)22-34-21-24-13-14-27(36)29(19-24)40-3/h6-15,19,26,28,34,36-37H,4-5,16-18,20-22H2,1-3H3,(H2,33,39)/t26-,28+,32?/m1/s1. The lowest BCUT2D eigenvalue weighted by Gasteiger charge is -2.41. The molecule has 0 aromatic heterocycles. The predicted octanol–water partition coefficient (Wildman–Crippen LogP) is 3.72. The Kier molecular flexibility index (Phi) is 11.3. The molecule has 1 aliphatic carbocycles. The number of benzene rings is 2. The number of hydrogen-bond acceptors (Lipinski definition) is 6. The van der Waals surface area contributed by atoms with Gasteiger partial charge in [0.1, 0.15) is 0 Å². The number of amides is 2. The van der Waals surface area contributed by atoms with E-state index in [1.54, 1.807) is 36.4 Å². The second-order valence-corrected chi connectivity index (χ2v) is 10.4. The second kappa shape index (κ2) is 14.7. The normalized spacial score (nSPS) is 18.1. The van der Waals surface area contributed by atoms with Gasteiger partial charge in [-0.05, 0) is 48.9 Å². The highest BCUT2D eigenvalue weighted by Gasteiger charge is 2.47. The summed E-state index contributed by atoms with van der Waals surface area (Å²) < 4.78 is 5.19. The molecule has 0 saturated carbocycles. The molecule has 8 nitrogen and oxygen atoms in total. The molecule has 0 radical (unpaired) electrons. The predicted molar refractivity (Wildman–Crippen MR) is 157 cm³/mol. The molecule has 0 spiro atoms. The SMILES string of the molecule is CCCN(CCC)C(=O)C1=CC=CC(C(N)=O)([C@H](Cc2ccccc2)[C@@H](O)CNCc2ccc(O)c(OC)c2)C1. The van der Waals surface area contributed by atoms with Crippen LogP contribution in [0.15, 0.2) is 72.3 Å². The minimum absolute atomic E-state index is 0.0524. The van der Waals surface area contributed by atoms with Crippen LogP contribution in [0.3, 0.4) is 0 Å². The Morgan fingerprint density at radius 2 is 1.80 bits per heavy atom. The molecule has 0 aliphatic heterocycles. The van der Waals surface area contributed by atoms with Crippen LogP contribution in [0.25, 0.3) is 0 Å². The minimum atomic E-state index is -1.25. The van der Waals surface area contributed by atoms with Gasteiger partial charge in [-0.25, -0.2) is 0 Å². The van der Waals surface area contributed by atoms with Gasteiger partial charge < -0.3 is 30.9 Å². The van der Waals surface area contributed by atoms with Gasteiger partial charge in [-0.15, -0.1) is 0 Å². The van der Waals surface area contributed by atoms with Crippen molar-refractivity contribution in [1.82, 2.24) is 10.2 Å². The summed E-state index contributed by atoms with van der Waals surface area (Å²) in [5, 5.41) is 24.7. The molecule has 8 heteroatoms. The first-order valence-corrected chi connectivity index (χ1v) is 14.0. The summed E-state index contributed by atoms with van der Waals surface area (Å²) in [6.45, 7) is 5.95. The van der Waals surface area contributed by atoms with Crippen LogP contribution < -0.4 is 15.8 Å². The fraction of sp³-hybridized carbons (Fsp3) is 0.438. The quantitative estimate of drug-likeness (QED) is 0.268. The van der Waals surface area contributed by atoms with Crippen molar-refractivity contribution in [2.45, 2.75) is 52.2 Å². The van der Waals surface area contributed by atoms with Gasteiger partial charge in [0.25, 0.3) is 0 Å². The highest BCUT2D eigenvalue weighted by molar-refractivity contribution is 5.96. The topological polar surface area (TPSA) is 125 Å². The lowest BCUT2D eigenvalue weighted by Crippen LogP contribution is -2.51. The van der Waals surface area contributed by atoms with Gasteiger partial charge in [0, 0.05) is 37.7 Å². The first-order valence-electron chi connectivity index (χ1n) is 14.0. The zero-order chi connectivity index (χ0) is 29.1. The molecule has 3 rings (SSSR count). The van der Waals surface area contributed by atoms with Crippen molar-refractivity contribution >= 4 is 11.8 Å². The summed E-state index contributed by atoms with van der Waals surface area (Å²) in [5.41, 5.74) is 7.21. The number of hydrogen-bond donors (Lipinski definition) is 4. The molecule has 2 aromatic rings. The van der Waals surface area contributed by atoms with Gasteiger partial charge in [0.05, 0.1) is 18.6 Å². The molecular formula is C32H43N3O5. The molecule has 0 fully saturated rings. The van der Waals surface area contributed by atoms with E-state index in [1.807, 2.05) is 49.1 Å². The maximum absolute atomic E-state index is 13.5. The van der Waals surface area contributed by atoms with Crippen molar-refractivity contribution in [1.29, 1.82) is 0 Å². The van der Waals surface area contributed by atoms with Crippen molar-refractivity contribution in [3.8, 4) is 11.5 Å². The highest BCUT2D eigenvalue weighted by Crippen LogP contribution is 2.43. The molecule has 2 aromatic carbocycles. The van der Waals surface area contributed by atoms with Gasteiger partial charge in [-0.2, -0.15) is 0 Å². The number of allylic oxidation sites excluding steroid dienone is 2. The Bertz CT molecular complexity index is 1190. The second-order valence-electron chi connectivity index (χ2n) is 10.4. The van der Waals surface area contributed by atoms with E-state index in [9.17, 15) is 19.8 Å². The van der Waals surface area contributed by atoms with E-state index in [1.165, 1.54) is 7.11 Å². The van der Waals surface area contributed by atoms with Gasteiger partial charge in [0.15, 0.2) is 11.5 Å². The van der Waals surface area contributed by atoms with Crippen molar-refractivity contribution in [2.75, 3.05) is 26.7 Å². The third kappa shape index (κ3) is 7.52. The first-order chi connectivity index (χ1) is 19.2. The third-order valence-electron chi connectivity index (χ3n) is 7.53.